The summed E-state index contributed by atoms with van der Waals surface area (Å²) in [6, 6.07) is 11.4. The smallest absolute Gasteiger partial charge is 0.193 e. The number of nitrogens with zero attached hydrogens (tertiary/aromatic N) is 2. The van der Waals surface area contributed by atoms with Crippen LogP contribution in [0.15, 0.2) is 48.1 Å². The molecule has 1 aliphatic rings. The van der Waals surface area contributed by atoms with Gasteiger partial charge in [-0.25, -0.2) is 4.98 Å². The van der Waals surface area contributed by atoms with Gasteiger partial charge in [0.15, 0.2) is 4.96 Å². The van der Waals surface area contributed by atoms with Gasteiger partial charge in [-0.15, -0.1) is 11.3 Å². The van der Waals surface area contributed by atoms with E-state index in [-0.39, 0.29) is 0 Å². The van der Waals surface area contributed by atoms with Crippen LogP contribution in [0, 0.1) is 0 Å². The lowest BCUT2D eigenvalue weighted by Gasteiger charge is -2.02. The Bertz CT molecular complexity index is 657. The van der Waals surface area contributed by atoms with Gasteiger partial charge in [-0.2, -0.15) is 0 Å². The summed E-state index contributed by atoms with van der Waals surface area (Å²) >= 11 is 1.68. The molecular formula is C15H15N3S. The minimum atomic E-state index is 0.613. The summed E-state index contributed by atoms with van der Waals surface area (Å²) in [4.78, 5) is 5.67. The Hall–Kier alpha value is -1.65. The molecule has 2 atom stereocenters. The molecule has 1 saturated carbocycles. The van der Waals surface area contributed by atoms with Crippen molar-refractivity contribution in [3.63, 3.8) is 0 Å². The van der Waals surface area contributed by atoms with Crippen LogP contribution >= 0.6 is 11.3 Å². The molecule has 19 heavy (non-hydrogen) atoms. The summed E-state index contributed by atoms with van der Waals surface area (Å²) in [5.41, 5.74) is 2.58. The zero-order valence-corrected chi connectivity index (χ0v) is 11.3. The van der Waals surface area contributed by atoms with E-state index in [0.717, 1.165) is 17.2 Å². The molecule has 1 aromatic carbocycles. The van der Waals surface area contributed by atoms with Crippen molar-refractivity contribution in [2.75, 3.05) is 0 Å². The quantitative estimate of drug-likeness (QED) is 0.789. The van der Waals surface area contributed by atoms with Gasteiger partial charge in [0, 0.05) is 36.3 Å². The maximum absolute atomic E-state index is 4.59. The number of hydrogen-bond acceptors (Lipinski definition) is 3. The van der Waals surface area contributed by atoms with Crippen LogP contribution in [0.25, 0.3) is 4.96 Å². The van der Waals surface area contributed by atoms with Crippen LogP contribution < -0.4 is 5.32 Å². The lowest BCUT2D eigenvalue weighted by atomic mass is 10.1. The first-order valence-corrected chi connectivity index (χ1v) is 7.47. The molecule has 0 radical (unpaired) electrons. The first-order valence-electron chi connectivity index (χ1n) is 6.59. The number of aromatic nitrogens is 2. The molecule has 0 bridgehead atoms. The van der Waals surface area contributed by atoms with Crippen LogP contribution in [-0.4, -0.2) is 15.4 Å². The second-order valence-electron chi connectivity index (χ2n) is 5.07. The van der Waals surface area contributed by atoms with E-state index >= 15 is 0 Å². The largest absolute Gasteiger partial charge is 0.308 e. The highest BCUT2D eigenvalue weighted by molar-refractivity contribution is 7.15. The third kappa shape index (κ3) is 2.17. The molecule has 1 fully saturated rings. The van der Waals surface area contributed by atoms with Gasteiger partial charge in [0.25, 0.3) is 0 Å². The first-order chi connectivity index (χ1) is 9.40. The summed E-state index contributed by atoms with van der Waals surface area (Å²) in [6.45, 7) is 0.863. The topological polar surface area (TPSA) is 29.3 Å². The van der Waals surface area contributed by atoms with Crippen LogP contribution in [0.5, 0.6) is 0 Å². The minimum Gasteiger partial charge on any atom is -0.308 e. The van der Waals surface area contributed by atoms with Crippen LogP contribution in [0.4, 0.5) is 0 Å². The molecule has 0 aliphatic heterocycles. The van der Waals surface area contributed by atoms with Gasteiger partial charge in [-0.05, 0) is 12.0 Å². The number of hydrogen-bond donors (Lipinski definition) is 1. The normalized spacial score (nSPS) is 21.9. The molecule has 0 saturated heterocycles. The van der Waals surface area contributed by atoms with Crippen molar-refractivity contribution in [1.29, 1.82) is 0 Å². The van der Waals surface area contributed by atoms with Gasteiger partial charge >= 0.3 is 0 Å². The van der Waals surface area contributed by atoms with Crippen molar-refractivity contribution < 1.29 is 0 Å². The molecule has 2 heterocycles. The first kappa shape index (κ1) is 11.2. The van der Waals surface area contributed by atoms with E-state index in [0.29, 0.717) is 12.0 Å². The Morgan fingerprint density at radius 2 is 2.21 bits per heavy atom. The van der Waals surface area contributed by atoms with Gasteiger partial charge < -0.3 is 5.32 Å². The third-order valence-electron chi connectivity index (χ3n) is 3.71. The number of rotatable bonds is 4. The summed E-state index contributed by atoms with van der Waals surface area (Å²) in [6.07, 6.45) is 5.41. The summed E-state index contributed by atoms with van der Waals surface area (Å²) in [7, 11) is 0. The average molecular weight is 269 g/mol. The minimum absolute atomic E-state index is 0.613. The van der Waals surface area contributed by atoms with Gasteiger partial charge in [0.05, 0.1) is 5.69 Å². The van der Waals surface area contributed by atoms with Crippen LogP contribution in [0.2, 0.25) is 0 Å². The molecule has 1 aliphatic carbocycles. The van der Waals surface area contributed by atoms with Crippen molar-refractivity contribution in [3.05, 3.63) is 59.4 Å². The van der Waals surface area contributed by atoms with Gasteiger partial charge in [-0.1, -0.05) is 30.3 Å². The molecular weight excluding hydrogens is 254 g/mol. The fourth-order valence-electron chi connectivity index (χ4n) is 2.59. The fraction of sp³-hybridized carbons (Fsp3) is 0.267. The number of benzene rings is 1. The number of fused-ring (bicyclic) bond motifs is 1. The molecule has 3 aromatic rings. The van der Waals surface area contributed by atoms with E-state index in [1.165, 1.54) is 12.0 Å². The highest BCUT2D eigenvalue weighted by atomic mass is 32.1. The number of nitrogens with one attached hydrogen (secondary N) is 1. The molecule has 4 heteroatoms. The molecule has 2 unspecified atom stereocenters. The second-order valence-corrected chi connectivity index (χ2v) is 5.94. The van der Waals surface area contributed by atoms with Crippen molar-refractivity contribution in [2.24, 2.45) is 0 Å². The molecule has 1 N–H and O–H groups in total. The van der Waals surface area contributed by atoms with Crippen molar-refractivity contribution in [2.45, 2.75) is 24.9 Å². The predicted molar refractivity (Wildman–Crippen MR) is 77.5 cm³/mol. The predicted octanol–water partition coefficient (Wildman–Crippen LogP) is 3.04. The van der Waals surface area contributed by atoms with E-state index in [9.17, 15) is 0 Å². The average Bonchev–Trinajstić information content (AvgIpc) is 2.92. The van der Waals surface area contributed by atoms with Crippen LogP contribution in [0.1, 0.15) is 23.6 Å². The van der Waals surface area contributed by atoms with Crippen LogP contribution in [-0.2, 0) is 6.54 Å². The molecule has 3 nitrogen and oxygen atoms in total. The fourth-order valence-corrected chi connectivity index (χ4v) is 3.31. The molecule has 4 rings (SSSR count). The summed E-state index contributed by atoms with van der Waals surface area (Å²) in [5, 5.41) is 5.66. The van der Waals surface area contributed by atoms with Gasteiger partial charge in [0.2, 0.25) is 0 Å². The van der Waals surface area contributed by atoms with E-state index in [2.05, 4.69) is 62.8 Å². The molecule has 0 spiro atoms. The second kappa shape index (κ2) is 4.47. The Balaban J connectivity index is 1.38. The monoisotopic (exact) mass is 269 g/mol. The third-order valence-corrected chi connectivity index (χ3v) is 4.48. The Morgan fingerprint density at radius 1 is 1.32 bits per heavy atom. The zero-order valence-electron chi connectivity index (χ0n) is 10.5. The van der Waals surface area contributed by atoms with Gasteiger partial charge in [0.1, 0.15) is 0 Å². The van der Waals surface area contributed by atoms with E-state index < -0.39 is 0 Å². The van der Waals surface area contributed by atoms with Crippen molar-refractivity contribution in [3.8, 4) is 0 Å². The number of thiazole rings is 1. The molecule has 96 valence electrons. The van der Waals surface area contributed by atoms with E-state index in [1.807, 2.05) is 0 Å². The highest BCUT2D eigenvalue weighted by Crippen LogP contribution is 2.40. The van der Waals surface area contributed by atoms with Crippen LogP contribution in [0.3, 0.4) is 0 Å². The summed E-state index contributed by atoms with van der Waals surface area (Å²) in [5.74, 6) is 0.685. The van der Waals surface area contributed by atoms with Crippen molar-refractivity contribution in [1.82, 2.24) is 14.7 Å². The zero-order chi connectivity index (χ0) is 12.7. The Kier molecular flexibility index (Phi) is 2.64. The van der Waals surface area contributed by atoms with E-state index in [4.69, 9.17) is 0 Å². The van der Waals surface area contributed by atoms with Crippen molar-refractivity contribution >= 4 is 16.3 Å². The molecule has 2 aromatic heterocycles. The number of imidazole rings is 1. The Morgan fingerprint density at radius 3 is 3.05 bits per heavy atom. The maximum Gasteiger partial charge on any atom is 0.193 e. The lowest BCUT2D eigenvalue weighted by molar-refractivity contribution is 0.663. The Labute approximate surface area is 115 Å². The highest BCUT2D eigenvalue weighted by Gasteiger charge is 2.37. The standard InChI is InChI=1S/C15H15N3S/c1-2-4-11(5-3-1)13-8-14(13)16-9-12-10-18-6-7-19-15(18)17-12/h1-7,10,13-14,16H,8-9H2. The maximum atomic E-state index is 4.59. The van der Waals surface area contributed by atoms with Gasteiger partial charge in [-0.3, -0.25) is 4.40 Å². The SMILES string of the molecule is c1ccc(C2CC2NCc2cn3ccsc3n2)cc1. The van der Waals surface area contributed by atoms with E-state index in [1.54, 1.807) is 11.3 Å². The summed E-state index contributed by atoms with van der Waals surface area (Å²) < 4.78 is 2.09. The molecule has 0 amide bonds. The lowest BCUT2D eigenvalue weighted by Crippen LogP contribution is -2.17.